The molecular weight excluding hydrogens is 368 g/mol. The first-order valence-electron chi connectivity index (χ1n) is 9.12. The molecule has 2 aromatic rings. The Morgan fingerprint density at radius 2 is 2.07 bits per heavy atom. The van der Waals surface area contributed by atoms with E-state index < -0.39 is 9.84 Å². The normalized spacial score (nSPS) is 24.1. The lowest BCUT2D eigenvalue weighted by molar-refractivity contribution is 0.0436. The summed E-state index contributed by atoms with van der Waals surface area (Å²) in [6.45, 7) is 1.07. The number of amides is 1. The van der Waals surface area contributed by atoms with Gasteiger partial charge < -0.3 is 9.64 Å². The van der Waals surface area contributed by atoms with E-state index in [1.807, 2.05) is 30.3 Å². The largest absolute Gasteiger partial charge is 0.376 e. The summed E-state index contributed by atoms with van der Waals surface area (Å²) in [5, 5.41) is 8.49. The third-order valence-electron chi connectivity index (χ3n) is 5.03. The van der Waals surface area contributed by atoms with Crippen molar-refractivity contribution in [3.63, 3.8) is 0 Å². The number of ether oxygens (including phenoxy) is 1. The summed E-state index contributed by atoms with van der Waals surface area (Å²) in [6, 6.07) is 8.99. The lowest BCUT2D eigenvalue weighted by atomic mass is 10.1. The Morgan fingerprint density at radius 3 is 2.74 bits per heavy atom. The quantitative estimate of drug-likeness (QED) is 0.758. The third kappa shape index (κ3) is 4.03. The SMILES string of the molecule is O=C(c1cnn(-c2ccccc2)n1)N(C[C@@H]1CCCO1)[C@H]1CCS(=O)(=O)C1. The zero-order chi connectivity index (χ0) is 18.9. The van der Waals surface area contributed by atoms with E-state index in [-0.39, 0.29) is 35.3 Å². The Labute approximate surface area is 158 Å². The van der Waals surface area contributed by atoms with Crippen molar-refractivity contribution in [3.05, 3.63) is 42.2 Å². The fourth-order valence-corrected chi connectivity index (χ4v) is 5.35. The van der Waals surface area contributed by atoms with Crippen molar-refractivity contribution in [1.29, 1.82) is 0 Å². The molecule has 1 aromatic carbocycles. The fraction of sp³-hybridized carbons (Fsp3) is 0.500. The topological polar surface area (TPSA) is 94.4 Å². The summed E-state index contributed by atoms with van der Waals surface area (Å²) < 4.78 is 29.5. The van der Waals surface area contributed by atoms with Crippen molar-refractivity contribution in [2.75, 3.05) is 24.7 Å². The van der Waals surface area contributed by atoms with Crippen molar-refractivity contribution < 1.29 is 17.9 Å². The van der Waals surface area contributed by atoms with Gasteiger partial charge in [0.25, 0.3) is 5.91 Å². The second kappa shape index (κ2) is 7.40. The molecule has 0 N–H and O–H groups in total. The first kappa shape index (κ1) is 18.1. The molecule has 8 nitrogen and oxygen atoms in total. The number of para-hydroxylation sites is 1. The summed E-state index contributed by atoms with van der Waals surface area (Å²) in [5.74, 6) is -0.183. The highest BCUT2D eigenvalue weighted by molar-refractivity contribution is 7.91. The van der Waals surface area contributed by atoms with Gasteiger partial charge in [-0.2, -0.15) is 9.90 Å². The van der Waals surface area contributed by atoms with E-state index in [1.54, 1.807) is 4.90 Å². The van der Waals surface area contributed by atoms with Crippen LogP contribution in [-0.4, -0.2) is 71.0 Å². The van der Waals surface area contributed by atoms with Crippen LogP contribution in [0.2, 0.25) is 0 Å². The van der Waals surface area contributed by atoms with E-state index in [9.17, 15) is 13.2 Å². The molecule has 3 heterocycles. The number of rotatable bonds is 5. The van der Waals surface area contributed by atoms with Gasteiger partial charge in [-0.25, -0.2) is 8.42 Å². The van der Waals surface area contributed by atoms with Crippen LogP contribution in [-0.2, 0) is 14.6 Å². The van der Waals surface area contributed by atoms with Gasteiger partial charge in [-0.15, -0.1) is 5.10 Å². The number of benzene rings is 1. The lowest BCUT2D eigenvalue weighted by Crippen LogP contribution is -2.45. The van der Waals surface area contributed by atoms with E-state index in [0.717, 1.165) is 18.5 Å². The molecule has 144 valence electrons. The predicted octanol–water partition coefficient (Wildman–Crippen LogP) is 1.08. The summed E-state index contributed by atoms with van der Waals surface area (Å²) in [6.07, 6.45) is 3.66. The predicted molar refractivity (Wildman–Crippen MR) is 98.4 cm³/mol. The summed E-state index contributed by atoms with van der Waals surface area (Å²) in [7, 11) is -3.10. The number of sulfone groups is 1. The van der Waals surface area contributed by atoms with Crippen molar-refractivity contribution >= 4 is 15.7 Å². The van der Waals surface area contributed by atoms with E-state index in [4.69, 9.17) is 4.74 Å². The highest BCUT2D eigenvalue weighted by Gasteiger charge is 2.37. The summed E-state index contributed by atoms with van der Waals surface area (Å²) in [5.41, 5.74) is 0.965. The van der Waals surface area contributed by atoms with Gasteiger partial charge >= 0.3 is 0 Å². The van der Waals surface area contributed by atoms with E-state index in [0.29, 0.717) is 19.6 Å². The second-order valence-electron chi connectivity index (χ2n) is 7.00. The molecule has 2 aliphatic rings. The van der Waals surface area contributed by atoms with Gasteiger partial charge in [-0.05, 0) is 31.4 Å². The maximum Gasteiger partial charge on any atom is 0.276 e. The van der Waals surface area contributed by atoms with Gasteiger partial charge in [0.15, 0.2) is 15.5 Å². The van der Waals surface area contributed by atoms with Crippen LogP contribution in [0, 0.1) is 0 Å². The van der Waals surface area contributed by atoms with Gasteiger partial charge in [-0.3, -0.25) is 4.79 Å². The molecule has 2 aliphatic heterocycles. The van der Waals surface area contributed by atoms with E-state index in [1.165, 1.54) is 11.0 Å². The molecule has 2 fully saturated rings. The van der Waals surface area contributed by atoms with Crippen molar-refractivity contribution in [2.24, 2.45) is 0 Å². The molecule has 9 heteroatoms. The maximum absolute atomic E-state index is 13.1. The molecule has 0 radical (unpaired) electrons. The number of nitrogens with zero attached hydrogens (tertiary/aromatic N) is 4. The fourth-order valence-electron chi connectivity index (χ4n) is 3.62. The number of hydrogen-bond donors (Lipinski definition) is 0. The number of hydrogen-bond acceptors (Lipinski definition) is 6. The number of aromatic nitrogens is 3. The van der Waals surface area contributed by atoms with E-state index >= 15 is 0 Å². The average Bonchev–Trinajstić information content (AvgIpc) is 3.41. The second-order valence-corrected chi connectivity index (χ2v) is 9.23. The van der Waals surface area contributed by atoms with Crippen LogP contribution in [0.1, 0.15) is 29.8 Å². The molecule has 2 atom stereocenters. The smallest absolute Gasteiger partial charge is 0.276 e. The molecule has 0 spiro atoms. The molecule has 0 unspecified atom stereocenters. The summed E-state index contributed by atoms with van der Waals surface area (Å²) in [4.78, 5) is 16.2. The zero-order valence-electron chi connectivity index (χ0n) is 14.9. The van der Waals surface area contributed by atoms with Crippen LogP contribution in [0.3, 0.4) is 0 Å². The standard InChI is InChI=1S/C18H22N4O4S/c23-18(17-11-19-22(20-17)14-5-2-1-3-6-14)21(12-16-7-4-9-26-16)15-8-10-27(24,25)13-15/h1-3,5-6,11,15-16H,4,7-10,12-13H2/t15-,16-/m0/s1. The Bertz CT molecular complexity index is 906. The third-order valence-corrected chi connectivity index (χ3v) is 6.78. The molecule has 0 bridgehead atoms. The Balaban J connectivity index is 1.57. The van der Waals surface area contributed by atoms with Crippen LogP contribution < -0.4 is 0 Å². The molecule has 27 heavy (non-hydrogen) atoms. The van der Waals surface area contributed by atoms with Gasteiger partial charge in [0.1, 0.15) is 0 Å². The van der Waals surface area contributed by atoms with Gasteiger partial charge in [0.2, 0.25) is 0 Å². The molecule has 2 saturated heterocycles. The molecule has 4 rings (SSSR count). The molecule has 0 saturated carbocycles. The van der Waals surface area contributed by atoms with Crippen molar-refractivity contribution in [3.8, 4) is 5.69 Å². The van der Waals surface area contributed by atoms with Crippen LogP contribution in [0.25, 0.3) is 5.69 Å². The Morgan fingerprint density at radius 1 is 1.26 bits per heavy atom. The molecule has 1 amide bonds. The molecule has 0 aliphatic carbocycles. The Hall–Kier alpha value is -2.26. The highest BCUT2D eigenvalue weighted by Crippen LogP contribution is 2.23. The number of carbonyl (C=O) groups is 1. The van der Waals surface area contributed by atoms with Gasteiger partial charge in [0.05, 0.1) is 29.5 Å². The maximum atomic E-state index is 13.1. The van der Waals surface area contributed by atoms with Crippen LogP contribution in [0.4, 0.5) is 0 Å². The minimum absolute atomic E-state index is 0.00170. The zero-order valence-corrected chi connectivity index (χ0v) is 15.7. The molecule has 1 aromatic heterocycles. The lowest BCUT2D eigenvalue weighted by Gasteiger charge is -2.29. The van der Waals surface area contributed by atoms with Gasteiger partial charge in [0, 0.05) is 19.2 Å². The monoisotopic (exact) mass is 390 g/mol. The highest BCUT2D eigenvalue weighted by atomic mass is 32.2. The van der Waals surface area contributed by atoms with Crippen LogP contribution in [0.15, 0.2) is 36.5 Å². The van der Waals surface area contributed by atoms with Crippen LogP contribution >= 0.6 is 0 Å². The minimum Gasteiger partial charge on any atom is -0.376 e. The van der Waals surface area contributed by atoms with Crippen molar-refractivity contribution in [1.82, 2.24) is 19.9 Å². The average molecular weight is 390 g/mol. The first-order valence-corrected chi connectivity index (χ1v) is 10.9. The Kier molecular flexibility index (Phi) is 4.96. The first-order chi connectivity index (χ1) is 13.0. The molecular formula is C18H22N4O4S. The number of carbonyl (C=O) groups excluding carboxylic acids is 1. The van der Waals surface area contributed by atoms with Gasteiger partial charge in [-0.1, -0.05) is 18.2 Å². The van der Waals surface area contributed by atoms with E-state index in [2.05, 4.69) is 10.2 Å². The minimum atomic E-state index is -3.10. The van der Waals surface area contributed by atoms with Crippen molar-refractivity contribution in [2.45, 2.75) is 31.4 Å². The summed E-state index contributed by atoms with van der Waals surface area (Å²) >= 11 is 0. The van der Waals surface area contributed by atoms with Crippen LogP contribution in [0.5, 0.6) is 0 Å².